The minimum atomic E-state index is -0.273. The van der Waals surface area contributed by atoms with E-state index in [1.165, 1.54) is 25.7 Å². The molecule has 0 bridgehead atoms. The zero-order valence-electron chi connectivity index (χ0n) is 7.71. The van der Waals surface area contributed by atoms with Crippen molar-refractivity contribution in [1.82, 2.24) is 0 Å². The lowest BCUT2D eigenvalue weighted by Gasteiger charge is -2.38. The van der Waals surface area contributed by atoms with Crippen LogP contribution in [0.4, 0.5) is 0 Å². The molecule has 1 saturated heterocycles. The Morgan fingerprint density at radius 2 is 1.75 bits per heavy atom. The number of ether oxygens (including phenoxy) is 2. The Hall–Kier alpha value is -0.0800. The maximum absolute atomic E-state index is 5.67. The van der Waals surface area contributed by atoms with Crippen LogP contribution in [0, 0.1) is 12.3 Å². The summed E-state index contributed by atoms with van der Waals surface area (Å²) in [5.74, 6) is 0.358. The van der Waals surface area contributed by atoms with Gasteiger partial charge in [0.25, 0.3) is 0 Å². The molecule has 2 nitrogen and oxygen atoms in total. The van der Waals surface area contributed by atoms with E-state index in [9.17, 15) is 0 Å². The molecule has 0 aromatic heterocycles. The summed E-state index contributed by atoms with van der Waals surface area (Å²) in [6.45, 7) is 3.61. The molecule has 0 unspecified atom stereocenters. The summed E-state index contributed by atoms with van der Waals surface area (Å²) < 4.78 is 11.3. The van der Waals surface area contributed by atoms with E-state index in [0.29, 0.717) is 5.92 Å². The van der Waals surface area contributed by atoms with Gasteiger partial charge in [-0.3, -0.25) is 0 Å². The Labute approximate surface area is 74.2 Å². The van der Waals surface area contributed by atoms with Gasteiger partial charge in [0.05, 0.1) is 13.2 Å². The SMILES string of the molecule is CC1(C2CCCC2)OC[CH]CO1. The molecule has 0 atom stereocenters. The monoisotopic (exact) mass is 169 g/mol. The molecule has 1 heterocycles. The van der Waals surface area contributed by atoms with Crippen LogP contribution < -0.4 is 0 Å². The molecule has 69 valence electrons. The largest absolute Gasteiger partial charge is 0.350 e. The van der Waals surface area contributed by atoms with Crippen LogP contribution in [0.2, 0.25) is 0 Å². The average molecular weight is 169 g/mol. The third kappa shape index (κ3) is 1.50. The summed E-state index contributed by atoms with van der Waals surface area (Å²) in [6.07, 6.45) is 7.27. The Morgan fingerprint density at radius 1 is 1.17 bits per heavy atom. The van der Waals surface area contributed by atoms with Crippen molar-refractivity contribution in [1.29, 1.82) is 0 Å². The van der Waals surface area contributed by atoms with Gasteiger partial charge in [0.15, 0.2) is 5.79 Å². The number of rotatable bonds is 1. The number of hydrogen-bond acceptors (Lipinski definition) is 2. The number of hydrogen-bond donors (Lipinski definition) is 0. The zero-order valence-corrected chi connectivity index (χ0v) is 7.71. The molecule has 1 saturated carbocycles. The van der Waals surface area contributed by atoms with Crippen LogP contribution in [-0.2, 0) is 9.47 Å². The molecule has 12 heavy (non-hydrogen) atoms. The molecular formula is C10H17O2. The predicted octanol–water partition coefficient (Wildman–Crippen LogP) is 2.14. The molecule has 2 heteroatoms. The summed E-state index contributed by atoms with van der Waals surface area (Å²) in [5, 5.41) is 0. The minimum absolute atomic E-state index is 0.273. The molecule has 1 aliphatic carbocycles. The first-order valence-electron chi connectivity index (χ1n) is 4.91. The van der Waals surface area contributed by atoms with Crippen molar-refractivity contribution in [3.8, 4) is 0 Å². The van der Waals surface area contributed by atoms with Crippen molar-refractivity contribution in [2.45, 2.75) is 38.4 Å². The van der Waals surface area contributed by atoms with Crippen LogP contribution in [0.5, 0.6) is 0 Å². The Kier molecular flexibility index (Phi) is 2.37. The van der Waals surface area contributed by atoms with Gasteiger partial charge in [-0.25, -0.2) is 0 Å². The first-order chi connectivity index (χ1) is 5.81. The molecule has 1 aliphatic heterocycles. The fraction of sp³-hybridized carbons (Fsp3) is 0.900. The average Bonchev–Trinajstić information content (AvgIpc) is 2.58. The normalized spacial score (nSPS) is 30.8. The van der Waals surface area contributed by atoms with E-state index in [2.05, 4.69) is 6.92 Å². The highest BCUT2D eigenvalue weighted by Crippen LogP contribution is 2.38. The van der Waals surface area contributed by atoms with Crippen LogP contribution in [0.3, 0.4) is 0 Å². The van der Waals surface area contributed by atoms with E-state index in [1.54, 1.807) is 0 Å². The van der Waals surface area contributed by atoms with Gasteiger partial charge in [-0.15, -0.1) is 0 Å². The van der Waals surface area contributed by atoms with E-state index in [4.69, 9.17) is 9.47 Å². The van der Waals surface area contributed by atoms with Crippen molar-refractivity contribution in [2.75, 3.05) is 13.2 Å². The quantitative estimate of drug-likeness (QED) is 0.598. The van der Waals surface area contributed by atoms with Crippen LogP contribution in [0.15, 0.2) is 0 Å². The van der Waals surface area contributed by atoms with Crippen molar-refractivity contribution in [3.63, 3.8) is 0 Å². The van der Waals surface area contributed by atoms with E-state index in [1.807, 2.05) is 6.42 Å². The fourth-order valence-corrected chi connectivity index (χ4v) is 2.22. The van der Waals surface area contributed by atoms with Gasteiger partial charge in [-0.2, -0.15) is 0 Å². The third-order valence-electron chi connectivity index (χ3n) is 3.07. The van der Waals surface area contributed by atoms with Crippen molar-refractivity contribution in [2.24, 2.45) is 5.92 Å². The van der Waals surface area contributed by atoms with Crippen LogP contribution in [-0.4, -0.2) is 19.0 Å². The molecule has 0 amide bonds. The summed E-state index contributed by atoms with van der Waals surface area (Å²) in [5.41, 5.74) is 0. The minimum Gasteiger partial charge on any atom is -0.350 e. The highest BCUT2D eigenvalue weighted by molar-refractivity contribution is 4.84. The molecule has 2 aliphatic rings. The maximum Gasteiger partial charge on any atom is 0.168 e. The van der Waals surface area contributed by atoms with E-state index in [0.717, 1.165) is 13.2 Å². The smallest absolute Gasteiger partial charge is 0.168 e. The molecule has 2 fully saturated rings. The molecular weight excluding hydrogens is 152 g/mol. The topological polar surface area (TPSA) is 18.5 Å². The van der Waals surface area contributed by atoms with Crippen molar-refractivity contribution in [3.05, 3.63) is 6.42 Å². The molecule has 1 radical (unpaired) electrons. The summed E-state index contributed by atoms with van der Waals surface area (Å²) in [6, 6.07) is 0. The van der Waals surface area contributed by atoms with Gasteiger partial charge in [-0.1, -0.05) is 12.8 Å². The molecule has 0 aromatic rings. The lowest BCUT2D eigenvalue weighted by atomic mass is 9.97. The highest BCUT2D eigenvalue weighted by atomic mass is 16.7. The lowest BCUT2D eigenvalue weighted by molar-refractivity contribution is -0.268. The van der Waals surface area contributed by atoms with Crippen LogP contribution >= 0.6 is 0 Å². The second-order valence-corrected chi connectivity index (χ2v) is 3.91. The second kappa shape index (κ2) is 3.35. The zero-order chi connectivity index (χ0) is 8.44. The predicted molar refractivity (Wildman–Crippen MR) is 46.6 cm³/mol. The van der Waals surface area contributed by atoms with Crippen molar-refractivity contribution < 1.29 is 9.47 Å². The van der Waals surface area contributed by atoms with Gasteiger partial charge in [0.2, 0.25) is 0 Å². The maximum atomic E-state index is 5.67. The van der Waals surface area contributed by atoms with Gasteiger partial charge in [-0.05, 0) is 19.8 Å². The second-order valence-electron chi connectivity index (χ2n) is 3.91. The van der Waals surface area contributed by atoms with E-state index >= 15 is 0 Å². The lowest BCUT2D eigenvalue weighted by Crippen LogP contribution is -2.43. The molecule has 2 rings (SSSR count). The van der Waals surface area contributed by atoms with E-state index in [-0.39, 0.29) is 5.79 Å². The third-order valence-corrected chi connectivity index (χ3v) is 3.07. The molecule has 0 N–H and O–H groups in total. The first kappa shape index (κ1) is 8.52. The first-order valence-corrected chi connectivity index (χ1v) is 4.91. The van der Waals surface area contributed by atoms with Gasteiger partial charge in [0.1, 0.15) is 0 Å². The Balaban J connectivity index is 1.97. The van der Waals surface area contributed by atoms with Crippen LogP contribution in [0.1, 0.15) is 32.6 Å². The Bertz CT molecular complexity index is 144. The van der Waals surface area contributed by atoms with Crippen molar-refractivity contribution >= 4 is 0 Å². The van der Waals surface area contributed by atoms with Crippen LogP contribution in [0.25, 0.3) is 0 Å². The van der Waals surface area contributed by atoms with Gasteiger partial charge in [0, 0.05) is 12.3 Å². The van der Waals surface area contributed by atoms with Gasteiger partial charge < -0.3 is 9.47 Å². The molecule has 0 spiro atoms. The standard InChI is InChI=1S/C10H17O2/c1-10(9-5-2-3-6-9)11-7-4-8-12-10/h4,9H,2-3,5-8H2,1H3. The summed E-state index contributed by atoms with van der Waals surface area (Å²) in [4.78, 5) is 0. The highest BCUT2D eigenvalue weighted by Gasteiger charge is 2.39. The fourth-order valence-electron chi connectivity index (χ4n) is 2.22. The Morgan fingerprint density at radius 3 is 2.33 bits per heavy atom. The summed E-state index contributed by atoms with van der Waals surface area (Å²) >= 11 is 0. The molecule has 0 aromatic carbocycles. The van der Waals surface area contributed by atoms with Gasteiger partial charge >= 0.3 is 0 Å². The summed E-state index contributed by atoms with van der Waals surface area (Å²) in [7, 11) is 0. The van der Waals surface area contributed by atoms with E-state index < -0.39 is 0 Å².